The Morgan fingerprint density at radius 3 is 1.75 bits per heavy atom. The van der Waals surface area contributed by atoms with Crippen molar-refractivity contribution in [1.29, 1.82) is 5.26 Å². The second-order valence-electron chi connectivity index (χ2n) is 7.54. The van der Waals surface area contributed by atoms with Gasteiger partial charge in [0.2, 0.25) is 0 Å². The largest absolute Gasteiger partial charge is 0.300 e. The molecule has 1 N–H and O–H groups in total. The Morgan fingerprint density at radius 2 is 1.45 bits per heavy atom. The molecule has 0 aromatic heterocycles. The zero-order valence-corrected chi connectivity index (χ0v) is 14.8. The number of hydrogen-bond donors (Lipinski definition) is 1. The van der Waals surface area contributed by atoms with E-state index in [1.165, 1.54) is 0 Å². The predicted molar refractivity (Wildman–Crippen MR) is 87.6 cm³/mol. The number of nitriles is 1. The molecule has 0 bridgehead atoms. The quantitative estimate of drug-likeness (QED) is 0.701. The Kier molecular flexibility index (Phi) is 8.39. The lowest BCUT2D eigenvalue weighted by atomic mass is 9.92. The van der Waals surface area contributed by atoms with E-state index in [-0.39, 0.29) is 0 Å². The van der Waals surface area contributed by atoms with Crippen molar-refractivity contribution in [3.8, 4) is 6.07 Å². The highest BCUT2D eigenvalue weighted by molar-refractivity contribution is 5.06. The van der Waals surface area contributed by atoms with E-state index in [4.69, 9.17) is 0 Å². The van der Waals surface area contributed by atoms with E-state index < -0.39 is 5.54 Å². The van der Waals surface area contributed by atoms with Gasteiger partial charge in [0.1, 0.15) is 5.54 Å². The van der Waals surface area contributed by atoms with E-state index >= 15 is 0 Å². The van der Waals surface area contributed by atoms with Crippen LogP contribution in [0, 0.1) is 23.2 Å². The molecule has 0 saturated heterocycles. The van der Waals surface area contributed by atoms with Gasteiger partial charge in [-0.05, 0) is 46.0 Å². The van der Waals surface area contributed by atoms with Crippen molar-refractivity contribution in [1.82, 2.24) is 10.2 Å². The average molecular weight is 281 g/mol. The Morgan fingerprint density at radius 1 is 1.00 bits per heavy atom. The van der Waals surface area contributed by atoms with Crippen LogP contribution in [0.3, 0.4) is 0 Å². The maximum absolute atomic E-state index is 9.50. The first kappa shape index (κ1) is 19.4. The van der Waals surface area contributed by atoms with E-state index in [1.54, 1.807) is 0 Å². The third-order valence-corrected chi connectivity index (χ3v) is 3.38. The summed E-state index contributed by atoms with van der Waals surface area (Å²) in [4.78, 5) is 2.53. The lowest BCUT2D eigenvalue weighted by Crippen LogP contribution is -2.50. The molecular weight excluding hydrogens is 246 g/mol. The third kappa shape index (κ3) is 7.87. The summed E-state index contributed by atoms with van der Waals surface area (Å²) in [6, 6.07) is 3.21. The molecule has 0 aromatic rings. The molecule has 0 spiro atoms. The molecule has 2 unspecified atom stereocenters. The van der Waals surface area contributed by atoms with Crippen molar-refractivity contribution >= 4 is 0 Å². The lowest BCUT2D eigenvalue weighted by Gasteiger charge is -2.36. The maximum atomic E-state index is 9.50. The Labute approximate surface area is 126 Å². The van der Waals surface area contributed by atoms with Crippen LogP contribution in [-0.2, 0) is 0 Å². The van der Waals surface area contributed by atoms with Gasteiger partial charge in [-0.1, -0.05) is 27.7 Å². The summed E-state index contributed by atoms with van der Waals surface area (Å²) in [6.07, 6.45) is 0.862. The third-order valence-electron chi connectivity index (χ3n) is 3.38. The molecule has 0 radical (unpaired) electrons. The molecule has 3 heteroatoms. The van der Waals surface area contributed by atoms with E-state index in [9.17, 15) is 5.26 Å². The monoisotopic (exact) mass is 281 g/mol. The van der Waals surface area contributed by atoms with E-state index in [0.29, 0.717) is 23.9 Å². The fourth-order valence-electron chi connectivity index (χ4n) is 2.87. The standard InChI is InChI=1S/C17H35N3/c1-13(2)10-20(11-14(3)4)16(7)9-17(8,12-18)19-15(5)6/h13-16,19H,9-11H2,1-8H3. The second kappa shape index (κ2) is 8.64. The van der Waals surface area contributed by atoms with Crippen molar-refractivity contribution in [2.24, 2.45) is 11.8 Å². The first-order valence-electron chi connectivity index (χ1n) is 8.02. The van der Waals surface area contributed by atoms with Gasteiger partial charge in [-0.2, -0.15) is 5.26 Å². The summed E-state index contributed by atoms with van der Waals surface area (Å²) in [5.74, 6) is 1.31. The maximum Gasteiger partial charge on any atom is 0.105 e. The van der Waals surface area contributed by atoms with Crippen molar-refractivity contribution in [2.45, 2.75) is 79.4 Å². The zero-order valence-electron chi connectivity index (χ0n) is 14.8. The topological polar surface area (TPSA) is 39.1 Å². The van der Waals surface area contributed by atoms with Crippen molar-refractivity contribution in [2.75, 3.05) is 13.1 Å². The van der Waals surface area contributed by atoms with Crippen LogP contribution in [0.1, 0.15) is 61.8 Å². The van der Waals surface area contributed by atoms with Gasteiger partial charge in [-0.3, -0.25) is 5.32 Å². The molecule has 0 heterocycles. The van der Waals surface area contributed by atoms with Crippen molar-refractivity contribution in [3.05, 3.63) is 0 Å². The molecule has 0 aliphatic carbocycles. The number of nitrogens with one attached hydrogen (secondary N) is 1. The first-order chi connectivity index (χ1) is 9.09. The molecule has 20 heavy (non-hydrogen) atoms. The molecular formula is C17H35N3. The van der Waals surface area contributed by atoms with Crippen molar-refractivity contribution in [3.63, 3.8) is 0 Å². The fourth-order valence-corrected chi connectivity index (χ4v) is 2.87. The second-order valence-corrected chi connectivity index (χ2v) is 7.54. The van der Waals surface area contributed by atoms with Crippen LogP contribution < -0.4 is 5.32 Å². The molecule has 0 amide bonds. The summed E-state index contributed by atoms with van der Waals surface area (Å²) in [6.45, 7) is 19.7. The predicted octanol–water partition coefficient (Wildman–Crippen LogP) is 3.66. The Balaban J connectivity index is 4.79. The van der Waals surface area contributed by atoms with Gasteiger partial charge < -0.3 is 4.90 Å². The van der Waals surface area contributed by atoms with Crippen LogP contribution in [0.4, 0.5) is 0 Å². The molecule has 0 rings (SSSR count). The Hall–Kier alpha value is -0.590. The van der Waals surface area contributed by atoms with Gasteiger partial charge in [0.15, 0.2) is 0 Å². The SMILES string of the molecule is CC(C)CN(CC(C)C)C(C)CC(C)(C#N)NC(C)C. The molecule has 0 aromatic carbocycles. The summed E-state index contributed by atoms with van der Waals surface area (Å²) in [5.41, 5.74) is -0.445. The van der Waals surface area contributed by atoms with Crippen LogP contribution in [0.25, 0.3) is 0 Å². The minimum atomic E-state index is -0.445. The highest BCUT2D eigenvalue weighted by Crippen LogP contribution is 2.19. The minimum Gasteiger partial charge on any atom is -0.300 e. The van der Waals surface area contributed by atoms with Crippen LogP contribution >= 0.6 is 0 Å². The molecule has 0 aliphatic heterocycles. The van der Waals surface area contributed by atoms with E-state index in [2.05, 4.69) is 64.8 Å². The van der Waals surface area contributed by atoms with Crippen LogP contribution in [0.2, 0.25) is 0 Å². The van der Waals surface area contributed by atoms with Crippen LogP contribution in [0.15, 0.2) is 0 Å². The minimum absolute atomic E-state index is 0.329. The van der Waals surface area contributed by atoms with Gasteiger partial charge in [0, 0.05) is 25.2 Å². The molecule has 3 nitrogen and oxygen atoms in total. The number of nitrogens with zero attached hydrogens (tertiary/aromatic N) is 2. The van der Waals surface area contributed by atoms with Crippen LogP contribution in [-0.4, -0.2) is 35.6 Å². The van der Waals surface area contributed by atoms with Gasteiger partial charge in [0.25, 0.3) is 0 Å². The molecule has 118 valence electrons. The number of hydrogen-bond acceptors (Lipinski definition) is 3. The van der Waals surface area contributed by atoms with Crippen molar-refractivity contribution < 1.29 is 0 Å². The first-order valence-corrected chi connectivity index (χ1v) is 8.02. The molecule has 0 aliphatic rings. The summed E-state index contributed by atoms with van der Waals surface area (Å²) in [5, 5.41) is 12.9. The molecule has 2 atom stereocenters. The van der Waals surface area contributed by atoms with Gasteiger partial charge in [-0.15, -0.1) is 0 Å². The average Bonchev–Trinajstić information content (AvgIpc) is 2.25. The number of rotatable bonds is 9. The van der Waals surface area contributed by atoms with Crippen LogP contribution in [0.5, 0.6) is 0 Å². The van der Waals surface area contributed by atoms with E-state index in [1.807, 2.05) is 6.92 Å². The Bertz CT molecular complexity index is 294. The summed E-state index contributed by atoms with van der Waals surface area (Å²) < 4.78 is 0. The lowest BCUT2D eigenvalue weighted by molar-refractivity contribution is 0.140. The smallest absolute Gasteiger partial charge is 0.105 e. The molecule has 0 fully saturated rings. The zero-order chi connectivity index (χ0) is 15.9. The highest BCUT2D eigenvalue weighted by atomic mass is 15.2. The van der Waals surface area contributed by atoms with E-state index in [0.717, 1.165) is 19.5 Å². The summed E-state index contributed by atoms with van der Waals surface area (Å²) >= 11 is 0. The fraction of sp³-hybridized carbons (Fsp3) is 0.941. The summed E-state index contributed by atoms with van der Waals surface area (Å²) in [7, 11) is 0. The normalized spacial score (nSPS) is 16.8. The van der Waals surface area contributed by atoms with Gasteiger partial charge in [0.05, 0.1) is 6.07 Å². The molecule has 0 saturated carbocycles. The van der Waals surface area contributed by atoms with Gasteiger partial charge in [-0.25, -0.2) is 0 Å². The van der Waals surface area contributed by atoms with Gasteiger partial charge >= 0.3 is 0 Å². The highest BCUT2D eigenvalue weighted by Gasteiger charge is 2.29.